The highest BCUT2D eigenvalue weighted by molar-refractivity contribution is 5.69. The number of rotatable bonds is 24. The maximum absolute atomic E-state index is 12.4. The lowest BCUT2D eigenvalue weighted by molar-refractivity contribution is -0.150. The van der Waals surface area contributed by atoms with Gasteiger partial charge >= 0.3 is 5.97 Å². The van der Waals surface area contributed by atoms with Crippen molar-refractivity contribution in [2.45, 2.75) is 161 Å². The van der Waals surface area contributed by atoms with Crippen molar-refractivity contribution in [3.8, 4) is 0 Å². The summed E-state index contributed by atoms with van der Waals surface area (Å²) in [5, 5.41) is 0. The van der Waals surface area contributed by atoms with Crippen molar-refractivity contribution in [2.24, 2.45) is 0 Å². The standard InChI is InChI=1S/C29H54O3/c1-3-5-7-9-12-16-20-28(21-17-13-10-8-6-4-2)32-29(30)22-18-14-11-15-19-25-31-26-27-23-24-27/h26,28H,3-25H2,1-2H3. The highest BCUT2D eigenvalue weighted by atomic mass is 16.5. The van der Waals surface area contributed by atoms with E-state index in [0.717, 1.165) is 38.7 Å². The maximum atomic E-state index is 12.4. The maximum Gasteiger partial charge on any atom is 0.306 e. The van der Waals surface area contributed by atoms with Crippen molar-refractivity contribution in [3.05, 3.63) is 11.8 Å². The molecule has 0 aliphatic heterocycles. The molecular weight excluding hydrogens is 396 g/mol. The van der Waals surface area contributed by atoms with Gasteiger partial charge in [0.2, 0.25) is 0 Å². The summed E-state index contributed by atoms with van der Waals surface area (Å²) in [5.74, 6) is 0.0337. The number of allylic oxidation sites excluding steroid dienone is 1. The van der Waals surface area contributed by atoms with Crippen LogP contribution in [-0.4, -0.2) is 18.7 Å². The topological polar surface area (TPSA) is 35.5 Å². The van der Waals surface area contributed by atoms with Gasteiger partial charge in [-0.1, -0.05) is 97.3 Å². The smallest absolute Gasteiger partial charge is 0.306 e. The van der Waals surface area contributed by atoms with Crippen molar-refractivity contribution in [1.82, 2.24) is 0 Å². The number of carbonyl (C=O) groups is 1. The SMILES string of the molecule is CCCCCCCCC(CCCCCCCC)OC(=O)CCCCCCCOC=C1CC1. The van der Waals surface area contributed by atoms with Gasteiger partial charge in [-0.15, -0.1) is 0 Å². The van der Waals surface area contributed by atoms with Crippen LogP contribution in [0.25, 0.3) is 0 Å². The Morgan fingerprint density at radius 2 is 1.22 bits per heavy atom. The predicted octanol–water partition coefficient (Wildman–Crippen LogP) is 9.43. The zero-order valence-electron chi connectivity index (χ0n) is 21.6. The molecule has 0 aromatic heterocycles. The molecule has 0 atom stereocenters. The molecule has 0 unspecified atom stereocenters. The molecule has 0 aromatic rings. The van der Waals surface area contributed by atoms with Crippen molar-refractivity contribution < 1.29 is 14.3 Å². The van der Waals surface area contributed by atoms with Gasteiger partial charge in [-0.2, -0.15) is 0 Å². The van der Waals surface area contributed by atoms with Gasteiger partial charge in [-0.05, 0) is 56.9 Å². The van der Waals surface area contributed by atoms with Crippen molar-refractivity contribution >= 4 is 5.97 Å². The Hall–Kier alpha value is -0.990. The van der Waals surface area contributed by atoms with Gasteiger partial charge in [0.25, 0.3) is 0 Å². The fraction of sp³-hybridized carbons (Fsp3) is 0.897. The number of carbonyl (C=O) groups excluding carboxylic acids is 1. The monoisotopic (exact) mass is 450 g/mol. The molecule has 32 heavy (non-hydrogen) atoms. The van der Waals surface area contributed by atoms with Crippen LogP contribution < -0.4 is 0 Å². The van der Waals surface area contributed by atoms with Gasteiger partial charge < -0.3 is 9.47 Å². The highest BCUT2D eigenvalue weighted by Gasteiger charge is 2.14. The normalized spacial score (nSPS) is 12.9. The summed E-state index contributed by atoms with van der Waals surface area (Å²) in [6.07, 6.45) is 28.5. The molecule has 188 valence electrons. The van der Waals surface area contributed by atoms with Crippen molar-refractivity contribution in [2.75, 3.05) is 6.61 Å². The van der Waals surface area contributed by atoms with E-state index < -0.39 is 0 Å². The molecule has 0 amide bonds. The molecule has 3 nitrogen and oxygen atoms in total. The minimum Gasteiger partial charge on any atom is -0.501 e. The molecular formula is C29H54O3. The summed E-state index contributed by atoms with van der Waals surface area (Å²) in [4.78, 5) is 12.4. The molecule has 0 spiro atoms. The summed E-state index contributed by atoms with van der Waals surface area (Å²) in [6, 6.07) is 0. The lowest BCUT2D eigenvalue weighted by atomic mass is 10.0. The van der Waals surface area contributed by atoms with E-state index in [2.05, 4.69) is 13.8 Å². The van der Waals surface area contributed by atoms with Crippen LogP contribution >= 0.6 is 0 Å². The fourth-order valence-corrected chi connectivity index (χ4v) is 4.16. The van der Waals surface area contributed by atoms with E-state index in [1.165, 1.54) is 108 Å². The van der Waals surface area contributed by atoms with Gasteiger partial charge in [0, 0.05) is 6.42 Å². The van der Waals surface area contributed by atoms with Crippen molar-refractivity contribution in [3.63, 3.8) is 0 Å². The summed E-state index contributed by atoms with van der Waals surface area (Å²) in [6.45, 7) is 5.36. The van der Waals surface area contributed by atoms with Crippen LogP contribution in [0.1, 0.15) is 155 Å². The summed E-state index contributed by atoms with van der Waals surface area (Å²) >= 11 is 0. The lowest BCUT2D eigenvalue weighted by Crippen LogP contribution is -2.18. The van der Waals surface area contributed by atoms with Crippen LogP contribution in [0.5, 0.6) is 0 Å². The highest BCUT2D eigenvalue weighted by Crippen LogP contribution is 2.27. The quantitative estimate of drug-likeness (QED) is 0.0834. The van der Waals surface area contributed by atoms with Crippen LogP contribution in [0, 0.1) is 0 Å². The molecule has 1 fully saturated rings. The number of ether oxygens (including phenoxy) is 2. The first-order chi connectivity index (χ1) is 15.8. The first-order valence-corrected chi connectivity index (χ1v) is 14.2. The Kier molecular flexibility index (Phi) is 19.8. The lowest BCUT2D eigenvalue weighted by Gasteiger charge is -2.18. The second kappa shape index (κ2) is 21.8. The second-order valence-electron chi connectivity index (χ2n) is 9.89. The molecule has 0 heterocycles. The number of hydrogen-bond donors (Lipinski definition) is 0. The zero-order valence-corrected chi connectivity index (χ0v) is 21.6. The molecule has 0 N–H and O–H groups in total. The average Bonchev–Trinajstić information content (AvgIpc) is 3.61. The number of esters is 1. The van der Waals surface area contributed by atoms with Crippen LogP contribution in [0.3, 0.4) is 0 Å². The van der Waals surface area contributed by atoms with E-state index in [1.807, 2.05) is 6.26 Å². The van der Waals surface area contributed by atoms with Gasteiger partial charge in [-0.25, -0.2) is 0 Å². The van der Waals surface area contributed by atoms with E-state index in [-0.39, 0.29) is 12.1 Å². The van der Waals surface area contributed by atoms with Crippen LogP contribution in [-0.2, 0) is 14.3 Å². The molecule has 0 radical (unpaired) electrons. The van der Waals surface area contributed by atoms with Crippen LogP contribution in [0.4, 0.5) is 0 Å². The minimum absolute atomic E-state index is 0.0337. The van der Waals surface area contributed by atoms with E-state index >= 15 is 0 Å². The molecule has 3 heteroatoms. The largest absolute Gasteiger partial charge is 0.501 e. The zero-order chi connectivity index (χ0) is 23.1. The third-order valence-corrected chi connectivity index (χ3v) is 6.49. The van der Waals surface area contributed by atoms with Gasteiger partial charge in [0.1, 0.15) is 6.10 Å². The Morgan fingerprint density at radius 3 is 1.78 bits per heavy atom. The number of hydrogen-bond acceptors (Lipinski definition) is 3. The predicted molar refractivity (Wildman–Crippen MR) is 137 cm³/mol. The number of unbranched alkanes of at least 4 members (excludes halogenated alkanes) is 14. The summed E-state index contributed by atoms with van der Waals surface area (Å²) in [5.41, 5.74) is 1.45. The second-order valence-corrected chi connectivity index (χ2v) is 9.89. The molecule has 0 saturated heterocycles. The van der Waals surface area contributed by atoms with E-state index in [4.69, 9.17) is 9.47 Å². The van der Waals surface area contributed by atoms with Crippen LogP contribution in [0.2, 0.25) is 0 Å². The van der Waals surface area contributed by atoms with Crippen LogP contribution in [0.15, 0.2) is 11.8 Å². The Bertz CT molecular complexity index is 435. The first-order valence-electron chi connectivity index (χ1n) is 14.2. The average molecular weight is 451 g/mol. The first kappa shape index (κ1) is 29.0. The van der Waals surface area contributed by atoms with Gasteiger partial charge in [0.15, 0.2) is 0 Å². The molecule has 1 saturated carbocycles. The Labute approximate surface area is 200 Å². The summed E-state index contributed by atoms with van der Waals surface area (Å²) in [7, 11) is 0. The fourth-order valence-electron chi connectivity index (χ4n) is 4.16. The Morgan fingerprint density at radius 1 is 0.719 bits per heavy atom. The molecule has 0 aromatic carbocycles. The third kappa shape index (κ3) is 19.7. The van der Waals surface area contributed by atoms with E-state index in [0.29, 0.717) is 6.42 Å². The van der Waals surface area contributed by atoms with Crippen molar-refractivity contribution in [1.29, 1.82) is 0 Å². The molecule has 1 rings (SSSR count). The van der Waals surface area contributed by atoms with Gasteiger partial charge in [0.05, 0.1) is 12.9 Å². The molecule has 1 aliphatic carbocycles. The Balaban J connectivity index is 2.09. The van der Waals surface area contributed by atoms with Gasteiger partial charge in [-0.3, -0.25) is 4.79 Å². The molecule has 1 aliphatic rings. The summed E-state index contributed by atoms with van der Waals surface area (Å²) < 4.78 is 11.5. The third-order valence-electron chi connectivity index (χ3n) is 6.49. The van der Waals surface area contributed by atoms with E-state index in [1.54, 1.807) is 0 Å². The van der Waals surface area contributed by atoms with E-state index in [9.17, 15) is 4.79 Å². The minimum atomic E-state index is 0.0337. The molecule has 0 bridgehead atoms.